The van der Waals surface area contributed by atoms with E-state index in [2.05, 4.69) is 5.10 Å². The summed E-state index contributed by atoms with van der Waals surface area (Å²) in [5.41, 5.74) is 2.61. The smallest absolute Gasteiger partial charge is 0.275 e. The van der Waals surface area contributed by atoms with Crippen molar-refractivity contribution in [2.45, 2.75) is 19.5 Å². The second kappa shape index (κ2) is 8.71. The number of rotatable bonds is 5. The number of nitrogens with zero attached hydrogens (tertiary/aromatic N) is 3. The molecule has 4 aromatic rings. The first kappa shape index (κ1) is 21.2. The van der Waals surface area contributed by atoms with E-state index in [1.54, 1.807) is 36.5 Å². The SMILES string of the molecule is COc1cc2c(cc1OC)CN(C(=O)Cn1nc(-c3cccs3)c3ccccc3c1=O)CC2. The molecule has 0 N–H and O–H groups in total. The second-order valence-corrected chi connectivity index (χ2v) is 8.82. The highest BCUT2D eigenvalue weighted by atomic mass is 32.1. The molecule has 168 valence electrons. The molecule has 0 aliphatic carbocycles. The summed E-state index contributed by atoms with van der Waals surface area (Å²) in [6.45, 7) is 0.917. The first-order valence-electron chi connectivity index (χ1n) is 10.6. The van der Waals surface area contributed by atoms with E-state index in [0.29, 0.717) is 42.1 Å². The van der Waals surface area contributed by atoms with Crippen LogP contribution in [-0.4, -0.2) is 41.4 Å². The fourth-order valence-corrected chi connectivity index (χ4v) is 4.99. The van der Waals surface area contributed by atoms with Crippen molar-refractivity contribution >= 4 is 28.0 Å². The summed E-state index contributed by atoms with van der Waals surface area (Å²) in [6, 6.07) is 15.2. The number of methoxy groups -OCH3 is 2. The number of carbonyl (C=O) groups is 1. The minimum absolute atomic E-state index is 0.106. The zero-order valence-corrected chi connectivity index (χ0v) is 19.2. The minimum Gasteiger partial charge on any atom is -0.493 e. The number of aromatic nitrogens is 2. The molecule has 0 spiro atoms. The lowest BCUT2D eigenvalue weighted by Crippen LogP contribution is -2.40. The standard InChI is InChI=1S/C25H23N3O4S/c1-31-20-12-16-9-10-27(14-17(16)13-21(20)32-2)23(29)15-28-25(30)19-7-4-3-6-18(19)24(26-28)22-8-5-11-33-22/h3-8,11-13H,9-10,14-15H2,1-2H3. The lowest BCUT2D eigenvalue weighted by Gasteiger charge is -2.29. The molecule has 33 heavy (non-hydrogen) atoms. The number of hydrogen-bond acceptors (Lipinski definition) is 6. The van der Waals surface area contributed by atoms with Crippen LogP contribution < -0.4 is 15.0 Å². The van der Waals surface area contributed by atoms with Crippen LogP contribution in [0.1, 0.15) is 11.1 Å². The predicted octanol–water partition coefficient (Wildman–Crippen LogP) is 3.73. The lowest BCUT2D eigenvalue weighted by atomic mass is 9.98. The average molecular weight is 462 g/mol. The summed E-state index contributed by atoms with van der Waals surface area (Å²) in [4.78, 5) is 29.1. The molecular weight excluding hydrogens is 438 g/mol. The number of benzene rings is 2. The summed E-state index contributed by atoms with van der Waals surface area (Å²) in [5, 5.41) is 7.93. The summed E-state index contributed by atoms with van der Waals surface area (Å²) in [7, 11) is 3.21. The molecule has 0 saturated heterocycles. The molecule has 0 atom stereocenters. The molecule has 3 heterocycles. The van der Waals surface area contributed by atoms with E-state index in [4.69, 9.17) is 9.47 Å². The van der Waals surface area contributed by atoms with Gasteiger partial charge in [0.15, 0.2) is 11.5 Å². The molecule has 8 heteroatoms. The zero-order chi connectivity index (χ0) is 22.9. The van der Waals surface area contributed by atoms with Gasteiger partial charge in [-0.05, 0) is 47.2 Å². The Balaban J connectivity index is 1.46. The zero-order valence-electron chi connectivity index (χ0n) is 18.4. The highest BCUT2D eigenvalue weighted by Gasteiger charge is 2.24. The molecule has 0 bridgehead atoms. The largest absolute Gasteiger partial charge is 0.493 e. The van der Waals surface area contributed by atoms with Crippen molar-refractivity contribution in [1.82, 2.24) is 14.7 Å². The fourth-order valence-electron chi connectivity index (χ4n) is 4.26. The van der Waals surface area contributed by atoms with E-state index in [9.17, 15) is 9.59 Å². The van der Waals surface area contributed by atoms with Crippen molar-refractivity contribution in [2.75, 3.05) is 20.8 Å². The van der Waals surface area contributed by atoms with E-state index in [1.807, 2.05) is 47.8 Å². The Morgan fingerprint density at radius 3 is 2.45 bits per heavy atom. The van der Waals surface area contributed by atoms with Gasteiger partial charge in [0, 0.05) is 18.5 Å². The summed E-state index contributed by atoms with van der Waals surface area (Å²) in [5.74, 6) is 1.18. The van der Waals surface area contributed by atoms with Crippen molar-refractivity contribution in [3.05, 3.63) is 75.4 Å². The number of hydrogen-bond donors (Lipinski definition) is 0. The Labute approximate surface area is 194 Å². The summed E-state index contributed by atoms with van der Waals surface area (Å²) >= 11 is 1.56. The molecule has 0 radical (unpaired) electrons. The van der Waals surface area contributed by atoms with Crippen molar-refractivity contribution in [2.24, 2.45) is 0 Å². The van der Waals surface area contributed by atoms with E-state index in [0.717, 1.165) is 21.4 Å². The topological polar surface area (TPSA) is 73.7 Å². The van der Waals surface area contributed by atoms with Gasteiger partial charge in [-0.2, -0.15) is 5.10 Å². The van der Waals surface area contributed by atoms with Crippen molar-refractivity contribution in [3.63, 3.8) is 0 Å². The first-order chi connectivity index (χ1) is 16.1. The van der Waals surface area contributed by atoms with Gasteiger partial charge in [0.2, 0.25) is 5.91 Å². The van der Waals surface area contributed by atoms with Crippen molar-refractivity contribution < 1.29 is 14.3 Å². The van der Waals surface area contributed by atoms with Gasteiger partial charge in [-0.3, -0.25) is 9.59 Å². The molecular formula is C25H23N3O4S. The predicted molar refractivity (Wildman–Crippen MR) is 128 cm³/mol. The Morgan fingerprint density at radius 1 is 1.03 bits per heavy atom. The number of carbonyl (C=O) groups excluding carboxylic acids is 1. The number of ether oxygens (including phenoxy) is 2. The summed E-state index contributed by atoms with van der Waals surface area (Å²) < 4.78 is 12.1. The average Bonchev–Trinajstić information content (AvgIpc) is 3.39. The molecule has 1 amide bonds. The van der Waals surface area contributed by atoms with E-state index in [-0.39, 0.29) is 18.0 Å². The quantitative estimate of drug-likeness (QED) is 0.453. The van der Waals surface area contributed by atoms with Crippen LogP contribution >= 0.6 is 11.3 Å². The van der Waals surface area contributed by atoms with Crippen molar-refractivity contribution in [3.8, 4) is 22.1 Å². The first-order valence-corrected chi connectivity index (χ1v) is 11.5. The monoisotopic (exact) mass is 461 g/mol. The number of amides is 1. The molecule has 7 nitrogen and oxygen atoms in total. The van der Waals surface area contributed by atoms with Crippen LogP contribution in [0.15, 0.2) is 58.7 Å². The van der Waals surface area contributed by atoms with Crippen LogP contribution in [0.25, 0.3) is 21.3 Å². The van der Waals surface area contributed by atoms with Crippen LogP contribution in [0.5, 0.6) is 11.5 Å². The van der Waals surface area contributed by atoms with Gasteiger partial charge in [-0.15, -0.1) is 11.3 Å². The second-order valence-electron chi connectivity index (χ2n) is 7.88. The van der Waals surface area contributed by atoms with Gasteiger partial charge in [0.1, 0.15) is 12.2 Å². The van der Waals surface area contributed by atoms with Crippen LogP contribution in [0, 0.1) is 0 Å². The number of fused-ring (bicyclic) bond motifs is 2. The third-order valence-electron chi connectivity index (χ3n) is 5.98. The Hall–Kier alpha value is -3.65. The normalized spacial score (nSPS) is 13.1. The van der Waals surface area contributed by atoms with E-state index < -0.39 is 0 Å². The molecule has 2 aromatic heterocycles. The highest BCUT2D eigenvalue weighted by Crippen LogP contribution is 2.33. The Morgan fingerprint density at radius 2 is 1.76 bits per heavy atom. The molecule has 1 aliphatic heterocycles. The molecule has 5 rings (SSSR count). The number of thiophene rings is 1. The highest BCUT2D eigenvalue weighted by molar-refractivity contribution is 7.13. The third kappa shape index (κ3) is 3.87. The van der Waals surface area contributed by atoms with Crippen LogP contribution in [0.2, 0.25) is 0 Å². The summed E-state index contributed by atoms with van der Waals surface area (Å²) in [6.07, 6.45) is 0.710. The third-order valence-corrected chi connectivity index (χ3v) is 6.85. The van der Waals surface area contributed by atoms with Crippen LogP contribution in [0.4, 0.5) is 0 Å². The molecule has 0 unspecified atom stereocenters. The van der Waals surface area contributed by atoms with Crippen LogP contribution in [-0.2, 0) is 24.3 Å². The van der Waals surface area contributed by atoms with Gasteiger partial charge >= 0.3 is 0 Å². The Bertz CT molecular complexity index is 1400. The molecule has 1 aliphatic rings. The lowest BCUT2D eigenvalue weighted by molar-refractivity contribution is -0.133. The molecule has 0 fully saturated rings. The van der Waals surface area contributed by atoms with E-state index in [1.165, 1.54) is 4.68 Å². The van der Waals surface area contributed by atoms with Gasteiger partial charge < -0.3 is 14.4 Å². The maximum Gasteiger partial charge on any atom is 0.275 e. The maximum absolute atomic E-state index is 13.2. The van der Waals surface area contributed by atoms with Gasteiger partial charge in [-0.1, -0.05) is 24.3 Å². The Kier molecular flexibility index (Phi) is 5.60. The van der Waals surface area contributed by atoms with Crippen molar-refractivity contribution in [1.29, 1.82) is 0 Å². The van der Waals surface area contributed by atoms with Crippen LogP contribution in [0.3, 0.4) is 0 Å². The van der Waals surface area contributed by atoms with Gasteiger partial charge in [-0.25, -0.2) is 4.68 Å². The fraction of sp³-hybridized carbons (Fsp3) is 0.240. The van der Waals surface area contributed by atoms with Gasteiger partial charge in [0.25, 0.3) is 5.56 Å². The molecule has 2 aromatic carbocycles. The molecule has 0 saturated carbocycles. The van der Waals surface area contributed by atoms with Gasteiger partial charge in [0.05, 0.1) is 24.5 Å². The maximum atomic E-state index is 13.2. The van der Waals surface area contributed by atoms with E-state index >= 15 is 0 Å². The minimum atomic E-state index is -0.261.